The van der Waals surface area contributed by atoms with Gasteiger partial charge in [-0.3, -0.25) is 4.98 Å². The van der Waals surface area contributed by atoms with Gasteiger partial charge in [0.25, 0.3) is 0 Å². The number of aromatic nitrogens is 1. The number of benzene rings is 2. The standard InChI is InChI=1S/C21H20N2/c1-23-14-18-13-17(21-9-5-6-12-22-21)10-11-19(18)20(15-23)16-7-3-2-4-8-16/h2-13,20H,14-15H2,1H3/t20-/m1/s1. The van der Waals surface area contributed by atoms with Crippen LogP contribution in [0.5, 0.6) is 0 Å². The van der Waals surface area contributed by atoms with Crippen molar-refractivity contribution in [3.63, 3.8) is 0 Å². The minimum absolute atomic E-state index is 0.447. The van der Waals surface area contributed by atoms with Crippen LogP contribution >= 0.6 is 0 Å². The maximum atomic E-state index is 4.48. The van der Waals surface area contributed by atoms with Crippen molar-refractivity contribution in [2.45, 2.75) is 12.5 Å². The molecule has 2 heteroatoms. The van der Waals surface area contributed by atoms with E-state index >= 15 is 0 Å². The van der Waals surface area contributed by atoms with E-state index in [1.54, 1.807) is 0 Å². The van der Waals surface area contributed by atoms with Gasteiger partial charge >= 0.3 is 0 Å². The van der Waals surface area contributed by atoms with E-state index < -0.39 is 0 Å². The van der Waals surface area contributed by atoms with Crippen molar-refractivity contribution in [2.24, 2.45) is 0 Å². The molecule has 0 fully saturated rings. The van der Waals surface area contributed by atoms with Crippen LogP contribution in [0.4, 0.5) is 0 Å². The van der Waals surface area contributed by atoms with Crippen LogP contribution in [0.15, 0.2) is 72.9 Å². The molecule has 1 aliphatic rings. The fourth-order valence-corrected chi connectivity index (χ4v) is 3.51. The van der Waals surface area contributed by atoms with Gasteiger partial charge in [0.05, 0.1) is 5.69 Å². The van der Waals surface area contributed by atoms with Crippen molar-refractivity contribution in [3.8, 4) is 11.3 Å². The van der Waals surface area contributed by atoms with Crippen LogP contribution in [0.3, 0.4) is 0 Å². The van der Waals surface area contributed by atoms with Gasteiger partial charge in [0.2, 0.25) is 0 Å². The number of nitrogens with zero attached hydrogens (tertiary/aromatic N) is 2. The number of pyridine rings is 1. The highest BCUT2D eigenvalue weighted by Gasteiger charge is 2.24. The average molecular weight is 300 g/mol. The third kappa shape index (κ3) is 2.78. The summed E-state index contributed by atoms with van der Waals surface area (Å²) in [5.41, 5.74) is 6.50. The second kappa shape index (κ2) is 5.98. The summed E-state index contributed by atoms with van der Waals surface area (Å²) in [5.74, 6) is 0.447. The fraction of sp³-hybridized carbons (Fsp3) is 0.190. The van der Waals surface area contributed by atoms with Crippen molar-refractivity contribution in [3.05, 3.63) is 89.6 Å². The predicted molar refractivity (Wildman–Crippen MR) is 94.3 cm³/mol. The molecular formula is C21H20N2. The zero-order valence-corrected chi connectivity index (χ0v) is 13.3. The summed E-state index contributed by atoms with van der Waals surface area (Å²) in [5, 5.41) is 0. The first-order valence-electron chi connectivity index (χ1n) is 8.09. The summed E-state index contributed by atoms with van der Waals surface area (Å²) in [6.07, 6.45) is 1.85. The molecule has 0 spiro atoms. The molecule has 0 amide bonds. The van der Waals surface area contributed by atoms with E-state index in [0.717, 1.165) is 18.8 Å². The first kappa shape index (κ1) is 14.2. The van der Waals surface area contributed by atoms with Crippen LogP contribution in [-0.2, 0) is 6.54 Å². The van der Waals surface area contributed by atoms with Crippen molar-refractivity contribution >= 4 is 0 Å². The van der Waals surface area contributed by atoms with Gasteiger partial charge in [0.1, 0.15) is 0 Å². The van der Waals surface area contributed by atoms with Crippen LogP contribution in [-0.4, -0.2) is 23.5 Å². The van der Waals surface area contributed by atoms with Gasteiger partial charge in [-0.05, 0) is 41.9 Å². The molecule has 2 aromatic carbocycles. The second-order valence-corrected chi connectivity index (χ2v) is 6.29. The van der Waals surface area contributed by atoms with Gasteiger partial charge < -0.3 is 4.90 Å². The van der Waals surface area contributed by atoms with Crippen molar-refractivity contribution < 1.29 is 0 Å². The Bertz CT molecular complexity index is 797. The summed E-state index contributed by atoms with van der Waals surface area (Å²) in [4.78, 5) is 6.89. The molecule has 1 atom stereocenters. The summed E-state index contributed by atoms with van der Waals surface area (Å²) in [6, 6.07) is 23.7. The third-order valence-corrected chi connectivity index (χ3v) is 4.62. The SMILES string of the molecule is CN1Cc2cc(-c3ccccn3)ccc2[C@@H](c2ccccc2)C1. The molecule has 2 nitrogen and oxygen atoms in total. The lowest BCUT2D eigenvalue weighted by Gasteiger charge is -2.33. The average Bonchev–Trinajstić information content (AvgIpc) is 2.62. The molecule has 23 heavy (non-hydrogen) atoms. The minimum Gasteiger partial charge on any atom is -0.301 e. The number of fused-ring (bicyclic) bond motifs is 1. The monoisotopic (exact) mass is 300 g/mol. The molecule has 2 heterocycles. The smallest absolute Gasteiger partial charge is 0.0702 e. The molecule has 1 aromatic heterocycles. The van der Waals surface area contributed by atoms with E-state index in [1.807, 2.05) is 18.3 Å². The molecule has 0 unspecified atom stereocenters. The zero-order chi connectivity index (χ0) is 15.6. The number of hydrogen-bond donors (Lipinski definition) is 0. The maximum absolute atomic E-state index is 4.48. The predicted octanol–water partition coefficient (Wildman–Crippen LogP) is 4.33. The largest absolute Gasteiger partial charge is 0.301 e. The number of hydrogen-bond acceptors (Lipinski definition) is 2. The molecule has 4 rings (SSSR count). The number of likely N-dealkylation sites (N-methyl/N-ethyl adjacent to an activating group) is 1. The van der Waals surface area contributed by atoms with E-state index in [9.17, 15) is 0 Å². The first-order chi connectivity index (χ1) is 11.3. The maximum Gasteiger partial charge on any atom is 0.0702 e. The molecule has 0 saturated carbocycles. The zero-order valence-electron chi connectivity index (χ0n) is 13.3. The first-order valence-corrected chi connectivity index (χ1v) is 8.09. The Morgan fingerprint density at radius 2 is 1.78 bits per heavy atom. The normalized spacial score (nSPS) is 17.7. The van der Waals surface area contributed by atoms with Gasteiger partial charge in [-0.2, -0.15) is 0 Å². The second-order valence-electron chi connectivity index (χ2n) is 6.29. The van der Waals surface area contributed by atoms with E-state index in [4.69, 9.17) is 0 Å². The summed E-state index contributed by atoms with van der Waals surface area (Å²) < 4.78 is 0. The Labute approximate surface area is 137 Å². The van der Waals surface area contributed by atoms with Gasteiger partial charge in [0.15, 0.2) is 0 Å². The Kier molecular flexibility index (Phi) is 3.68. The highest BCUT2D eigenvalue weighted by molar-refractivity contribution is 5.62. The fourth-order valence-electron chi connectivity index (χ4n) is 3.51. The van der Waals surface area contributed by atoms with E-state index in [0.29, 0.717) is 5.92 Å². The van der Waals surface area contributed by atoms with Gasteiger partial charge in [0, 0.05) is 30.8 Å². The quantitative estimate of drug-likeness (QED) is 0.700. The van der Waals surface area contributed by atoms with Gasteiger partial charge in [-0.15, -0.1) is 0 Å². The van der Waals surface area contributed by atoms with Crippen LogP contribution in [0.1, 0.15) is 22.6 Å². The van der Waals surface area contributed by atoms with Crippen LogP contribution in [0.25, 0.3) is 11.3 Å². The third-order valence-electron chi connectivity index (χ3n) is 4.62. The Morgan fingerprint density at radius 1 is 0.957 bits per heavy atom. The summed E-state index contributed by atoms with van der Waals surface area (Å²) in [6.45, 7) is 2.07. The number of rotatable bonds is 2. The highest BCUT2D eigenvalue weighted by atomic mass is 15.1. The molecule has 0 saturated heterocycles. The lowest BCUT2D eigenvalue weighted by Crippen LogP contribution is -2.30. The molecule has 3 aromatic rings. The van der Waals surface area contributed by atoms with E-state index in [-0.39, 0.29) is 0 Å². The summed E-state index contributed by atoms with van der Waals surface area (Å²) >= 11 is 0. The van der Waals surface area contributed by atoms with E-state index in [2.05, 4.69) is 71.5 Å². The summed E-state index contributed by atoms with van der Waals surface area (Å²) in [7, 11) is 2.20. The van der Waals surface area contributed by atoms with Gasteiger partial charge in [-0.1, -0.05) is 48.5 Å². The van der Waals surface area contributed by atoms with Crippen molar-refractivity contribution in [1.29, 1.82) is 0 Å². The minimum atomic E-state index is 0.447. The Morgan fingerprint density at radius 3 is 2.57 bits per heavy atom. The Balaban J connectivity index is 1.77. The lowest BCUT2D eigenvalue weighted by molar-refractivity contribution is 0.295. The molecule has 0 bridgehead atoms. The molecule has 1 aliphatic heterocycles. The highest BCUT2D eigenvalue weighted by Crippen LogP contribution is 2.34. The Hall–Kier alpha value is -2.45. The van der Waals surface area contributed by atoms with Crippen molar-refractivity contribution in [2.75, 3.05) is 13.6 Å². The lowest BCUT2D eigenvalue weighted by atomic mass is 9.84. The van der Waals surface area contributed by atoms with Crippen LogP contribution in [0.2, 0.25) is 0 Å². The van der Waals surface area contributed by atoms with Crippen molar-refractivity contribution in [1.82, 2.24) is 9.88 Å². The molecule has 0 N–H and O–H groups in total. The molecule has 0 aliphatic carbocycles. The topological polar surface area (TPSA) is 16.1 Å². The van der Waals surface area contributed by atoms with Gasteiger partial charge in [-0.25, -0.2) is 0 Å². The van der Waals surface area contributed by atoms with E-state index in [1.165, 1.54) is 22.3 Å². The van der Waals surface area contributed by atoms with Crippen LogP contribution in [0, 0.1) is 0 Å². The molecular weight excluding hydrogens is 280 g/mol. The molecule has 114 valence electrons. The van der Waals surface area contributed by atoms with Crippen LogP contribution < -0.4 is 0 Å². The molecule has 0 radical (unpaired) electrons.